The van der Waals surface area contributed by atoms with Crippen LogP contribution in [-0.2, 0) is 0 Å². The van der Waals surface area contributed by atoms with Crippen molar-refractivity contribution in [2.24, 2.45) is 5.73 Å². The van der Waals surface area contributed by atoms with Gasteiger partial charge >= 0.3 is 0 Å². The molecule has 1 atom stereocenters. The van der Waals surface area contributed by atoms with Gasteiger partial charge in [-0.25, -0.2) is 8.78 Å². The van der Waals surface area contributed by atoms with Crippen molar-refractivity contribution < 1.29 is 8.78 Å². The molecule has 0 spiro atoms. The predicted molar refractivity (Wildman–Crippen MR) is 68.3 cm³/mol. The van der Waals surface area contributed by atoms with Crippen molar-refractivity contribution >= 4 is 23.1 Å². The van der Waals surface area contributed by atoms with Crippen molar-refractivity contribution in [1.29, 1.82) is 0 Å². The molecular weight excluding hydrogens is 260 g/mol. The Kier molecular flexibility index (Phi) is 4.15. The largest absolute Gasteiger partial charge is 0.329 e. The van der Waals surface area contributed by atoms with E-state index in [0.717, 1.165) is 11.6 Å². The monoisotopic (exact) mass is 271 g/mol. The average molecular weight is 271 g/mol. The summed E-state index contributed by atoms with van der Waals surface area (Å²) in [6, 6.07) is 5.57. The van der Waals surface area contributed by atoms with Crippen LogP contribution in [0.3, 0.4) is 0 Å². The maximum absolute atomic E-state index is 13.5. The van der Waals surface area contributed by atoms with E-state index < -0.39 is 11.6 Å². The summed E-state index contributed by atoms with van der Waals surface area (Å²) < 4.78 is 26.3. The van der Waals surface area contributed by atoms with Gasteiger partial charge in [-0.2, -0.15) is 11.3 Å². The quantitative estimate of drug-likeness (QED) is 0.856. The molecule has 1 heterocycles. The smallest absolute Gasteiger partial charge is 0.139 e. The fourth-order valence-corrected chi connectivity index (χ4v) is 3.24. The summed E-state index contributed by atoms with van der Waals surface area (Å²) in [6.45, 7) is 0.415. The molecule has 0 aliphatic carbocycles. The minimum Gasteiger partial charge on any atom is -0.329 e. The van der Waals surface area contributed by atoms with Gasteiger partial charge in [0.1, 0.15) is 11.6 Å². The van der Waals surface area contributed by atoms with Crippen LogP contribution in [0.15, 0.2) is 39.9 Å². The molecule has 1 aromatic carbocycles. The van der Waals surface area contributed by atoms with Crippen LogP contribution in [0.4, 0.5) is 8.78 Å². The topological polar surface area (TPSA) is 26.0 Å². The number of hydrogen-bond donors (Lipinski definition) is 1. The fraction of sp³-hybridized carbons (Fsp3) is 0.167. The Bertz CT molecular complexity index is 485. The number of thioether (sulfide) groups is 1. The molecule has 0 amide bonds. The maximum Gasteiger partial charge on any atom is 0.139 e. The Morgan fingerprint density at radius 2 is 2.12 bits per heavy atom. The maximum atomic E-state index is 13.5. The van der Waals surface area contributed by atoms with Crippen LogP contribution in [0.5, 0.6) is 0 Å². The normalized spacial score (nSPS) is 12.6. The molecule has 0 saturated carbocycles. The van der Waals surface area contributed by atoms with Crippen molar-refractivity contribution in [3.8, 4) is 0 Å². The van der Waals surface area contributed by atoms with Crippen molar-refractivity contribution in [3.05, 3.63) is 52.2 Å². The number of rotatable bonds is 4. The summed E-state index contributed by atoms with van der Waals surface area (Å²) >= 11 is 2.90. The molecule has 2 rings (SSSR count). The van der Waals surface area contributed by atoms with E-state index in [9.17, 15) is 8.78 Å². The molecule has 90 valence electrons. The van der Waals surface area contributed by atoms with Crippen LogP contribution in [-0.4, -0.2) is 6.54 Å². The summed E-state index contributed by atoms with van der Waals surface area (Å²) in [5.41, 5.74) is 6.75. The second-order valence-electron chi connectivity index (χ2n) is 3.47. The zero-order valence-corrected chi connectivity index (χ0v) is 10.5. The molecule has 1 unspecified atom stereocenters. The van der Waals surface area contributed by atoms with Gasteiger partial charge in [-0.1, -0.05) is 0 Å². The van der Waals surface area contributed by atoms with Crippen LogP contribution < -0.4 is 5.73 Å². The van der Waals surface area contributed by atoms with Gasteiger partial charge in [0, 0.05) is 22.8 Å². The second kappa shape index (κ2) is 5.62. The molecule has 2 aromatic rings. The first-order valence-corrected chi connectivity index (χ1v) is 6.87. The molecule has 2 N–H and O–H groups in total. The number of benzene rings is 1. The van der Waals surface area contributed by atoms with Gasteiger partial charge in [0.15, 0.2) is 0 Å². The standard InChI is InChI=1S/C12H11F2NS2/c13-9-1-2-11(10(14)5-9)17-12(6-15)8-3-4-16-7-8/h1-5,7,12H,6,15H2. The second-order valence-corrected chi connectivity index (χ2v) is 5.50. The highest BCUT2D eigenvalue weighted by atomic mass is 32.2. The Balaban J connectivity index is 2.19. The zero-order valence-electron chi connectivity index (χ0n) is 8.90. The van der Waals surface area contributed by atoms with Crippen LogP contribution in [0.25, 0.3) is 0 Å². The zero-order chi connectivity index (χ0) is 12.3. The molecular formula is C12H11F2NS2. The van der Waals surface area contributed by atoms with E-state index in [1.807, 2.05) is 16.8 Å². The lowest BCUT2D eigenvalue weighted by atomic mass is 10.2. The van der Waals surface area contributed by atoms with Crippen LogP contribution >= 0.6 is 23.1 Å². The highest BCUT2D eigenvalue weighted by molar-refractivity contribution is 7.99. The molecule has 0 saturated heterocycles. The van der Waals surface area contributed by atoms with Crippen molar-refractivity contribution in [2.45, 2.75) is 10.1 Å². The Morgan fingerprint density at radius 3 is 2.71 bits per heavy atom. The lowest BCUT2D eigenvalue weighted by Gasteiger charge is -2.13. The van der Waals surface area contributed by atoms with Gasteiger partial charge in [-0.05, 0) is 34.5 Å². The van der Waals surface area contributed by atoms with E-state index in [1.54, 1.807) is 11.3 Å². The number of nitrogens with two attached hydrogens (primary N) is 1. The number of hydrogen-bond acceptors (Lipinski definition) is 3. The minimum atomic E-state index is -0.563. The summed E-state index contributed by atoms with van der Waals surface area (Å²) in [6.07, 6.45) is 0. The summed E-state index contributed by atoms with van der Waals surface area (Å²) in [4.78, 5) is 0.424. The van der Waals surface area contributed by atoms with Gasteiger partial charge in [0.2, 0.25) is 0 Å². The van der Waals surface area contributed by atoms with Gasteiger partial charge in [-0.15, -0.1) is 11.8 Å². The summed E-state index contributed by atoms with van der Waals surface area (Å²) in [5.74, 6) is -1.10. The first kappa shape index (κ1) is 12.5. The molecule has 5 heteroatoms. The highest BCUT2D eigenvalue weighted by Gasteiger charge is 2.14. The van der Waals surface area contributed by atoms with Crippen LogP contribution in [0.1, 0.15) is 10.8 Å². The molecule has 0 bridgehead atoms. The van der Waals surface area contributed by atoms with Gasteiger partial charge in [0.05, 0.1) is 0 Å². The van der Waals surface area contributed by atoms with E-state index in [4.69, 9.17) is 5.73 Å². The first-order valence-electron chi connectivity index (χ1n) is 5.04. The van der Waals surface area contributed by atoms with Crippen molar-refractivity contribution in [1.82, 2.24) is 0 Å². The van der Waals surface area contributed by atoms with Gasteiger partial charge in [0.25, 0.3) is 0 Å². The number of thiophene rings is 1. The minimum absolute atomic E-state index is 0.00112. The van der Waals surface area contributed by atoms with Gasteiger partial charge in [-0.3, -0.25) is 0 Å². The Labute approximate surface area is 107 Å². The number of halogens is 2. The predicted octanol–water partition coefficient (Wildman–Crippen LogP) is 3.82. The third kappa shape index (κ3) is 3.06. The van der Waals surface area contributed by atoms with E-state index in [1.165, 1.54) is 23.9 Å². The third-order valence-electron chi connectivity index (χ3n) is 2.29. The van der Waals surface area contributed by atoms with E-state index in [0.29, 0.717) is 11.4 Å². The molecule has 0 radical (unpaired) electrons. The van der Waals surface area contributed by atoms with Crippen LogP contribution in [0, 0.1) is 11.6 Å². The van der Waals surface area contributed by atoms with E-state index in [-0.39, 0.29) is 5.25 Å². The Hall–Kier alpha value is -0.910. The van der Waals surface area contributed by atoms with E-state index in [2.05, 4.69) is 0 Å². The van der Waals surface area contributed by atoms with Crippen molar-refractivity contribution in [2.75, 3.05) is 6.54 Å². The molecule has 0 aliphatic rings. The lowest BCUT2D eigenvalue weighted by molar-refractivity contribution is 0.565. The molecule has 0 aliphatic heterocycles. The Morgan fingerprint density at radius 1 is 1.29 bits per heavy atom. The summed E-state index contributed by atoms with van der Waals surface area (Å²) in [5, 5.41) is 3.95. The molecule has 17 heavy (non-hydrogen) atoms. The van der Waals surface area contributed by atoms with Gasteiger partial charge < -0.3 is 5.73 Å². The molecule has 1 aromatic heterocycles. The van der Waals surface area contributed by atoms with Crippen LogP contribution in [0.2, 0.25) is 0 Å². The SMILES string of the molecule is NCC(Sc1ccc(F)cc1F)c1ccsc1. The molecule has 1 nitrogen and oxygen atoms in total. The third-order valence-corrected chi connectivity index (χ3v) is 4.33. The molecule has 0 fully saturated rings. The lowest BCUT2D eigenvalue weighted by Crippen LogP contribution is -2.08. The van der Waals surface area contributed by atoms with E-state index >= 15 is 0 Å². The first-order chi connectivity index (χ1) is 8.20. The fourth-order valence-electron chi connectivity index (χ4n) is 1.43. The summed E-state index contributed by atoms with van der Waals surface area (Å²) in [7, 11) is 0. The van der Waals surface area contributed by atoms with Crippen molar-refractivity contribution in [3.63, 3.8) is 0 Å². The average Bonchev–Trinajstić information content (AvgIpc) is 2.81. The highest BCUT2D eigenvalue weighted by Crippen LogP contribution is 2.36.